The summed E-state index contributed by atoms with van der Waals surface area (Å²) in [5, 5.41) is 0. The molecule has 0 aromatic rings. The molecule has 1 heterocycles. The minimum Gasteiger partial charge on any atom is -0.383 e. The largest absolute Gasteiger partial charge is 0.383 e. The zero-order valence-corrected chi connectivity index (χ0v) is 8.22. The molecule has 1 rings (SSSR count). The van der Waals surface area contributed by atoms with Crippen molar-refractivity contribution >= 4 is 0 Å². The molecular weight excluding hydrogens is 169 g/mol. The molecular formula is C10H16FNO. The molecule has 13 heavy (non-hydrogen) atoms. The Hall–Kier alpha value is -0.590. The lowest BCUT2D eigenvalue weighted by atomic mass is 10.2. The Balaban J connectivity index is 2.43. The molecule has 2 nitrogen and oxygen atoms in total. The minimum absolute atomic E-state index is 0.209. The van der Waals surface area contributed by atoms with Crippen LogP contribution in [0.25, 0.3) is 0 Å². The van der Waals surface area contributed by atoms with Crippen LogP contribution in [0.4, 0.5) is 4.39 Å². The lowest BCUT2D eigenvalue weighted by Gasteiger charge is -2.20. The van der Waals surface area contributed by atoms with Crippen molar-refractivity contribution in [2.24, 2.45) is 0 Å². The third-order valence-corrected chi connectivity index (χ3v) is 2.29. The van der Waals surface area contributed by atoms with Crippen molar-refractivity contribution in [3.05, 3.63) is 0 Å². The molecule has 0 saturated carbocycles. The molecule has 1 aliphatic heterocycles. The average Bonchev–Trinajstić information content (AvgIpc) is 2.44. The molecule has 0 aromatic heterocycles. The Morgan fingerprint density at radius 1 is 1.62 bits per heavy atom. The van der Waals surface area contributed by atoms with E-state index in [0.717, 1.165) is 0 Å². The van der Waals surface area contributed by atoms with Crippen molar-refractivity contribution in [2.45, 2.75) is 25.6 Å². The minimum atomic E-state index is -0.709. The van der Waals surface area contributed by atoms with Gasteiger partial charge in [0.15, 0.2) is 0 Å². The van der Waals surface area contributed by atoms with E-state index in [9.17, 15) is 4.39 Å². The van der Waals surface area contributed by atoms with Crippen LogP contribution in [0.15, 0.2) is 0 Å². The number of ether oxygens (including phenoxy) is 1. The topological polar surface area (TPSA) is 12.5 Å². The Bertz CT molecular complexity index is 209. The predicted octanol–water partition coefficient (Wildman–Crippen LogP) is 1.07. The second kappa shape index (κ2) is 5.21. The molecule has 0 unspecified atom stereocenters. The van der Waals surface area contributed by atoms with E-state index in [4.69, 9.17) is 4.74 Å². The summed E-state index contributed by atoms with van der Waals surface area (Å²) >= 11 is 0. The van der Waals surface area contributed by atoms with E-state index in [-0.39, 0.29) is 6.04 Å². The van der Waals surface area contributed by atoms with Crippen molar-refractivity contribution in [2.75, 3.05) is 26.8 Å². The first kappa shape index (κ1) is 10.5. The van der Waals surface area contributed by atoms with E-state index in [1.165, 1.54) is 0 Å². The molecule has 1 saturated heterocycles. The van der Waals surface area contributed by atoms with E-state index < -0.39 is 6.17 Å². The summed E-state index contributed by atoms with van der Waals surface area (Å²) in [5.41, 5.74) is 0. The van der Waals surface area contributed by atoms with Gasteiger partial charge in [0.1, 0.15) is 6.17 Å². The summed E-state index contributed by atoms with van der Waals surface area (Å²) in [5.74, 6) is 5.77. The Kier molecular flexibility index (Phi) is 4.20. The highest BCUT2D eigenvalue weighted by atomic mass is 19.1. The van der Waals surface area contributed by atoms with Gasteiger partial charge in [-0.2, -0.15) is 0 Å². The van der Waals surface area contributed by atoms with Gasteiger partial charge in [0.25, 0.3) is 0 Å². The van der Waals surface area contributed by atoms with Crippen molar-refractivity contribution < 1.29 is 9.13 Å². The van der Waals surface area contributed by atoms with Gasteiger partial charge in [0.2, 0.25) is 0 Å². The first-order chi connectivity index (χ1) is 6.27. The fourth-order valence-corrected chi connectivity index (χ4v) is 1.66. The highest BCUT2D eigenvalue weighted by molar-refractivity contribution is 5.00. The molecule has 0 aromatic carbocycles. The van der Waals surface area contributed by atoms with Crippen LogP contribution >= 0.6 is 0 Å². The maximum Gasteiger partial charge on any atom is 0.114 e. The average molecular weight is 185 g/mol. The summed E-state index contributed by atoms with van der Waals surface area (Å²) in [6.45, 7) is 3.56. The molecule has 0 radical (unpaired) electrons. The van der Waals surface area contributed by atoms with Crippen molar-refractivity contribution in [1.29, 1.82) is 0 Å². The maximum absolute atomic E-state index is 13.0. The Morgan fingerprint density at radius 2 is 2.38 bits per heavy atom. The normalized spacial score (nSPS) is 28.5. The van der Waals surface area contributed by atoms with E-state index in [2.05, 4.69) is 11.8 Å². The van der Waals surface area contributed by atoms with Gasteiger partial charge in [-0.1, -0.05) is 5.92 Å². The fraction of sp³-hybridized carbons (Fsp3) is 0.800. The smallest absolute Gasteiger partial charge is 0.114 e. The van der Waals surface area contributed by atoms with Gasteiger partial charge in [-0.05, 0) is 13.3 Å². The lowest BCUT2D eigenvalue weighted by molar-refractivity contribution is 0.123. The number of hydrogen-bond acceptors (Lipinski definition) is 2. The maximum atomic E-state index is 13.0. The summed E-state index contributed by atoms with van der Waals surface area (Å²) in [6.07, 6.45) is -0.127. The molecule has 0 N–H and O–H groups in total. The van der Waals surface area contributed by atoms with Gasteiger partial charge >= 0.3 is 0 Å². The number of halogens is 1. The van der Waals surface area contributed by atoms with Gasteiger partial charge < -0.3 is 4.74 Å². The van der Waals surface area contributed by atoms with Crippen LogP contribution < -0.4 is 0 Å². The van der Waals surface area contributed by atoms with Gasteiger partial charge in [-0.25, -0.2) is 4.39 Å². The number of methoxy groups -OCH3 is 1. The Labute approximate surface area is 79.1 Å². The van der Waals surface area contributed by atoms with Gasteiger partial charge in [0.05, 0.1) is 13.2 Å². The standard InChI is InChI=1S/C10H16FNO/c1-3-4-5-12-7-9(11)6-10(12)8-13-2/h9-10H,5-8H2,1-2H3/t9-,10-/m0/s1. The highest BCUT2D eigenvalue weighted by Gasteiger charge is 2.31. The van der Waals surface area contributed by atoms with Crippen LogP contribution in [0.2, 0.25) is 0 Å². The molecule has 0 amide bonds. The first-order valence-electron chi connectivity index (χ1n) is 4.54. The van der Waals surface area contributed by atoms with Crippen molar-refractivity contribution in [3.8, 4) is 11.8 Å². The monoisotopic (exact) mass is 185 g/mol. The number of nitrogens with zero attached hydrogens (tertiary/aromatic N) is 1. The quantitative estimate of drug-likeness (QED) is 0.610. The second-order valence-electron chi connectivity index (χ2n) is 3.30. The number of hydrogen-bond donors (Lipinski definition) is 0. The summed E-state index contributed by atoms with van der Waals surface area (Å²) in [7, 11) is 1.65. The van der Waals surface area contributed by atoms with E-state index in [0.29, 0.717) is 26.1 Å². The molecule has 0 bridgehead atoms. The van der Waals surface area contributed by atoms with Crippen molar-refractivity contribution in [3.63, 3.8) is 0 Å². The molecule has 3 heteroatoms. The van der Waals surface area contributed by atoms with Crippen LogP contribution in [0.5, 0.6) is 0 Å². The molecule has 1 fully saturated rings. The van der Waals surface area contributed by atoms with Crippen molar-refractivity contribution in [1.82, 2.24) is 4.90 Å². The molecule has 2 atom stereocenters. The highest BCUT2D eigenvalue weighted by Crippen LogP contribution is 2.19. The zero-order valence-electron chi connectivity index (χ0n) is 8.22. The number of likely N-dealkylation sites (tertiary alicyclic amines) is 1. The molecule has 0 aliphatic carbocycles. The predicted molar refractivity (Wildman–Crippen MR) is 50.2 cm³/mol. The fourth-order valence-electron chi connectivity index (χ4n) is 1.66. The zero-order chi connectivity index (χ0) is 9.68. The molecule has 0 spiro atoms. The van der Waals surface area contributed by atoms with Gasteiger partial charge in [-0.3, -0.25) is 4.90 Å². The third-order valence-electron chi connectivity index (χ3n) is 2.29. The molecule has 74 valence electrons. The third kappa shape index (κ3) is 2.98. The summed E-state index contributed by atoms with van der Waals surface area (Å²) in [4.78, 5) is 2.05. The van der Waals surface area contributed by atoms with Crippen LogP contribution in [0.3, 0.4) is 0 Å². The van der Waals surface area contributed by atoms with Gasteiger partial charge in [-0.15, -0.1) is 5.92 Å². The van der Waals surface area contributed by atoms with Crippen LogP contribution in [-0.2, 0) is 4.74 Å². The first-order valence-corrected chi connectivity index (χ1v) is 4.54. The summed E-state index contributed by atoms with van der Waals surface area (Å²) in [6, 6.07) is 0.209. The van der Waals surface area contributed by atoms with E-state index in [1.54, 1.807) is 14.0 Å². The Morgan fingerprint density at radius 3 is 3.00 bits per heavy atom. The SMILES string of the molecule is CC#CCN1C[C@@H](F)C[C@H]1COC. The van der Waals surface area contributed by atoms with Crippen LogP contribution in [0.1, 0.15) is 13.3 Å². The van der Waals surface area contributed by atoms with Crippen LogP contribution in [0, 0.1) is 11.8 Å². The van der Waals surface area contributed by atoms with Gasteiger partial charge in [0, 0.05) is 19.7 Å². The summed E-state index contributed by atoms with van der Waals surface area (Å²) < 4.78 is 18.1. The number of rotatable bonds is 3. The van der Waals surface area contributed by atoms with E-state index in [1.807, 2.05) is 4.90 Å². The van der Waals surface area contributed by atoms with E-state index >= 15 is 0 Å². The second-order valence-corrected chi connectivity index (χ2v) is 3.30. The number of alkyl halides is 1. The van der Waals surface area contributed by atoms with Crippen LogP contribution in [-0.4, -0.2) is 43.9 Å². The lowest BCUT2D eigenvalue weighted by Crippen LogP contribution is -2.33. The molecule has 1 aliphatic rings.